The number of carbonyl (C=O) groups excluding carboxylic acids is 1. The standard InChI is InChI=1S/C16H16Cl2N4O/c17-13-2-1-11(14(18)7-13)8-21-16(23)22-6-3-12(10-22)15-9-19-4-5-20-15/h1-2,4-5,7,9,12H,3,6,8,10H2,(H,21,23). The summed E-state index contributed by atoms with van der Waals surface area (Å²) in [5, 5.41) is 4.03. The summed E-state index contributed by atoms with van der Waals surface area (Å²) in [5.74, 6) is 0.244. The van der Waals surface area contributed by atoms with Gasteiger partial charge in [0, 0.05) is 54.2 Å². The number of hydrogen-bond acceptors (Lipinski definition) is 3. The SMILES string of the molecule is O=C(NCc1ccc(Cl)cc1Cl)N1CCC(c2cnccn2)C1. The van der Waals surface area contributed by atoms with Gasteiger partial charge in [0.2, 0.25) is 0 Å². The summed E-state index contributed by atoms with van der Waals surface area (Å²) in [5.41, 5.74) is 1.78. The lowest BCUT2D eigenvalue weighted by atomic mass is 10.1. The van der Waals surface area contributed by atoms with Gasteiger partial charge in [0.05, 0.1) is 5.69 Å². The molecule has 1 unspecified atom stereocenters. The van der Waals surface area contributed by atoms with Crippen LogP contribution < -0.4 is 5.32 Å². The molecule has 1 N–H and O–H groups in total. The van der Waals surface area contributed by atoms with Gasteiger partial charge in [0.1, 0.15) is 0 Å². The summed E-state index contributed by atoms with van der Waals surface area (Å²) in [7, 11) is 0. The zero-order chi connectivity index (χ0) is 16.2. The van der Waals surface area contributed by atoms with Crippen molar-refractivity contribution >= 4 is 29.2 Å². The van der Waals surface area contributed by atoms with Crippen LogP contribution in [0.1, 0.15) is 23.6 Å². The van der Waals surface area contributed by atoms with Crippen LogP contribution in [0.5, 0.6) is 0 Å². The number of benzene rings is 1. The second-order valence-electron chi connectivity index (χ2n) is 5.46. The van der Waals surface area contributed by atoms with E-state index in [9.17, 15) is 4.79 Å². The van der Waals surface area contributed by atoms with Gasteiger partial charge >= 0.3 is 6.03 Å². The average molecular weight is 351 g/mol. The maximum Gasteiger partial charge on any atom is 0.317 e. The van der Waals surface area contributed by atoms with Crippen molar-refractivity contribution in [2.75, 3.05) is 13.1 Å². The number of carbonyl (C=O) groups is 1. The van der Waals surface area contributed by atoms with Crippen molar-refractivity contribution in [2.24, 2.45) is 0 Å². The predicted molar refractivity (Wildman–Crippen MR) is 89.7 cm³/mol. The van der Waals surface area contributed by atoms with Crippen molar-refractivity contribution in [3.05, 3.63) is 58.1 Å². The molecule has 1 aliphatic heterocycles. The van der Waals surface area contributed by atoms with Crippen molar-refractivity contribution in [1.29, 1.82) is 0 Å². The van der Waals surface area contributed by atoms with E-state index in [2.05, 4.69) is 15.3 Å². The molecular formula is C16H16Cl2N4O. The highest BCUT2D eigenvalue weighted by atomic mass is 35.5. The Hall–Kier alpha value is -1.85. The molecule has 0 bridgehead atoms. The van der Waals surface area contributed by atoms with Crippen LogP contribution in [-0.4, -0.2) is 34.0 Å². The smallest absolute Gasteiger partial charge is 0.317 e. The summed E-state index contributed by atoms with van der Waals surface area (Å²) in [4.78, 5) is 22.5. The zero-order valence-corrected chi connectivity index (χ0v) is 13.9. The zero-order valence-electron chi connectivity index (χ0n) is 12.4. The lowest BCUT2D eigenvalue weighted by Gasteiger charge is -2.17. The monoisotopic (exact) mass is 350 g/mol. The number of likely N-dealkylation sites (tertiary alicyclic amines) is 1. The Morgan fingerprint density at radius 1 is 1.35 bits per heavy atom. The fourth-order valence-corrected chi connectivity index (χ4v) is 3.13. The van der Waals surface area contributed by atoms with Gasteiger partial charge in [-0.3, -0.25) is 9.97 Å². The number of halogens is 2. The number of hydrogen-bond donors (Lipinski definition) is 1. The highest BCUT2D eigenvalue weighted by molar-refractivity contribution is 6.35. The Bertz CT molecular complexity index is 696. The summed E-state index contributed by atoms with van der Waals surface area (Å²) >= 11 is 12.0. The van der Waals surface area contributed by atoms with E-state index in [0.29, 0.717) is 29.7 Å². The Morgan fingerprint density at radius 3 is 2.96 bits per heavy atom. The first-order valence-electron chi connectivity index (χ1n) is 7.36. The molecule has 1 aromatic carbocycles. The quantitative estimate of drug-likeness (QED) is 0.921. The van der Waals surface area contributed by atoms with Crippen LogP contribution in [0.3, 0.4) is 0 Å². The molecule has 0 radical (unpaired) electrons. The molecule has 0 saturated carbocycles. The molecule has 1 fully saturated rings. The number of urea groups is 1. The summed E-state index contributed by atoms with van der Waals surface area (Å²) in [6.07, 6.45) is 5.99. The van der Waals surface area contributed by atoms with E-state index in [4.69, 9.17) is 23.2 Å². The molecule has 0 aliphatic carbocycles. The third-order valence-corrected chi connectivity index (χ3v) is 4.51. The fourth-order valence-electron chi connectivity index (χ4n) is 2.66. The fraction of sp³-hybridized carbons (Fsp3) is 0.312. The highest BCUT2D eigenvalue weighted by Crippen LogP contribution is 2.25. The molecule has 7 heteroatoms. The van der Waals surface area contributed by atoms with Gasteiger partial charge in [-0.15, -0.1) is 0 Å². The lowest BCUT2D eigenvalue weighted by Crippen LogP contribution is -2.38. The number of aromatic nitrogens is 2. The molecule has 2 aromatic rings. The first-order chi connectivity index (χ1) is 11.1. The lowest BCUT2D eigenvalue weighted by molar-refractivity contribution is 0.207. The van der Waals surface area contributed by atoms with Crippen molar-refractivity contribution in [3.8, 4) is 0 Å². The maximum absolute atomic E-state index is 12.3. The number of amides is 2. The van der Waals surface area contributed by atoms with E-state index in [1.54, 1.807) is 35.6 Å². The molecule has 23 heavy (non-hydrogen) atoms. The molecule has 1 aromatic heterocycles. The first kappa shape index (κ1) is 16.0. The minimum atomic E-state index is -0.0950. The van der Waals surface area contributed by atoms with Crippen LogP contribution in [-0.2, 0) is 6.54 Å². The second kappa shape index (κ2) is 7.15. The molecule has 1 aliphatic rings. The minimum absolute atomic E-state index is 0.0950. The van der Waals surface area contributed by atoms with E-state index in [1.165, 1.54) is 0 Å². The Balaban J connectivity index is 1.55. The van der Waals surface area contributed by atoms with Crippen molar-refractivity contribution in [1.82, 2.24) is 20.2 Å². The average Bonchev–Trinajstić information content (AvgIpc) is 3.05. The predicted octanol–water partition coefficient (Wildman–Crippen LogP) is 3.48. The molecule has 0 spiro atoms. The van der Waals surface area contributed by atoms with E-state index < -0.39 is 0 Å². The molecule has 3 rings (SSSR count). The van der Waals surface area contributed by atoms with E-state index in [1.807, 2.05) is 6.07 Å². The van der Waals surface area contributed by atoms with E-state index >= 15 is 0 Å². The topological polar surface area (TPSA) is 58.1 Å². The van der Waals surface area contributed by atoms with E-state index in [0.717, 1.165) is 17.7 Å². The van der Waals surface area contributed by atoms with Crippen LogP contribution in [0.4, 0.5) is 4.79 Å². The third-order valence-electron chi connectivity index (χ3n) is 3.92. The largest absolute Gasteiger partial charge is 0.334 e. The van der Waals surface area contributed by atoms with Gasteiger partial charge in [-0.25, -0.2) is 4.79 Å². The van der Waals surface area contributed by atoms with Crippen molar-refractivity contribution in [2.45, 2.75) is 18.9 Å². The summed E-state index contributed by atoms with van der Waals surface area (Å²) in [6.45, 7) is 1.74. The Kier molecular flexibility index (Phi) is 4.98. The van der Waals surface area contributed by atoms with Gasteiger partial charge in [-0.05, 0) is 24.1 Å². The van der Waals surface area contributed by atoms with Gasteiger partial charge in [0.15, 0.2) is 0 Å². The molecular weight excluding hydrogens is 335 g/mol. The Labute approximate surface area is 144 Å². The van der Waals surface area contributed by atoms with Gasteiger partial charge < -0.3 is 10.2 Å². The molecule has 1 atom stereocenters. The van der Waals surface area contributed by atoms with Crippen LogP contribution in [0.15, 0.2) is 36.8 Å². The second-order valence-corrected chi connectivity index (χ2v) is 6.30. The maximum atomic E-state index is 12.3. The molecule has 5 nitrogen and oxygen atoms in total. The van der Waals surface area contributed by atoms with Crippen molar-refractivity contribution in [3.63, 3.8) is 0 Å². The van der Waals surface area contributed by atoms with Gasteiger partial charge in [-0.1, -0.05) is 29.3 Å². The molecule has 120 valence electrons. The Morgan fingerprint density at radius 2 is 2.22 bits per heavy atom. The van der Waals surface area contributed by atoms with Crippen LogP contribution in [0.2, 0.25) is 10.0 Å². The van der Waals surface area contributed by atoms with E-state index in [-0.39, 0.29) is 11.9 Å². The summed E-state index contributed by atoms with van der Waals surface area (Å²) < 4.78 is 0. The van der Waals surface area contributed by atoms with Crippen molar-refractivity contribution < 1.29 is 4.79 Å². The third kappa shape index (κ3) is 3.92. The summed E-state index contributed by atoms with van der Waals surface area (Å²) in [6, 6.07) is 5.15. The first-order valence-corrected chi connectivity index (χ1v) is 8.11. The van der Waals surface area contributed by atoms with Gasteiger partial charge in [0.25, 0.3) is 0 Å². The van der Waals surface area contributed by atoms with Crippen LogP contribution in [0.25, 0.3) is 0 Å². The molecule has 1 saturated heterocycles. The number of nitrogens with zero attached hydrogens (tertiary/aromatic N) is 3. The number of rotatable bonds is 3. The van der Waals surface area contributed by atoms with Gasteiger partial charge in [-0.2, -0.15) is 0 Å². The number of nitrogens with one attached hydrogen (secondary N) is 1. The molecule has 2 heterocycles. The van der Waals surface area contributed by atoms with Crippen LogP contribution >= 0.6 is 23.2 Å². The molecule has 2 amide bonds. The minimum Gasteiger partial charge on any atom is -0.334 e. The van der Waals surface area contributed by atoms with Crippen LogP contribution in [0, 0.1) is 0 Å². The highest BCUT2D eigenvalue weighted by Gasteiger charge is 2.28. The normalized spacial score (nSPS) is 17.3.